The minimum atomic E-state index is -1.09. The lowest BCUT2D eigenvalue weighted by Crippen LogP contribution is -2.10. The van der Waals surface area contributed by atoms with Gasteiger partial charge in [-0.15, -0.1) is 0 Å². The van der Waals surface area contributed by atoms with Gasteiger partial charge < -0.3 is 9.52 Å². The first-order chi connectivity index (χ1) is 10.6. The first-order valence-electron chi connectivity index (χ1n) is 6.29. The van der Waals surface area contributed by atoms with E-state index in [0.717, 1.165) is 11.3 Å². The van der Waals surface area contributed by atoms with Crippen molar-refractivity contribution in [3.05, 3.63) is 59.4 Å². The molecule has 2 heterocycles. The van der Waals surface area contributed by atoms with Gasteiger partial charge in [-0.05, 0) is 12.1 Å². The molecule has 2 aromatic heterocycles. The van der Waals surface area contributed by atoms with Gasteiger partial charge in [0.15, 0.2) is 10.9 Å². The molecule has 0 spiro atoms. The second kappa shape index (κ2) is 5.82. The summed E-state index contributed by atoms with van der Waals surface area (Å²) in [6, 6.07) is 12.0. The first kappa shape index (κ1) is 14.0. The number of carboxylic acid groups (broad SMARTS) is 1. The number of aromatic carboxylic acids is 1. The van der Waals surface area contributed by atoms with Gasteiger partial charge in [0.2, 0.25) is 0 Å². The molecule has 1 aromatic carbocycles. The van der Waals surface area contributed by atoms with Crippen LogP contribution < -0.4 is 5.32 Å². The molecule has 0 atom stereocenters. The van der Waals surface area contributed by atoms with E-state index in [1.165, 1.54) is 12.3 Å². The summed E-state index contributed by atoms with van der Waals surface area (Å²) in [6.45, 7) is 0. The van der Waals surface area contributed by atoms with Crippen molar-refractivity contribution in [3.8, 4) is 11.3 Å². The Morgan fingerprint density at radius 2 is 1.91 bits per heavy atom. The molecule has 22 heavy (non-hydrogen) atoms. The number of hydrogen-bond acceptors (Lipinski definition) is 5. The summed E-state index contributed by atoms with van der Waals surface area (Å²) >= 11 is 0.904. The lowest BCUT2D eigenvalue weighted by atomic mass is 10.1. The molecule has 2 N–H and O–H groups in total. The summed E-state index contributed by atoms with van der Waals surface area (Å²) in [5.74, 6) is -1.43. The van der Waals surface area contributed by atoms with E-state index < -0.39 is 11.9 Å². The Bertz CT molecular complexity index is 809. The van der Waals surface area contributed by atoms with Gasteiger partial charge in [0.1, 0.15) is 4.88 Å². The number of furan rings is 1. The molecule has 0 aliphatic carbocycles. The minimum absolute atomic E-state index is 0.0703. The predicted molar refractivity (Wildman–Crippen MR) is 81.2 cm³/mol. The van der Waals surface area contributed by atoms with E-state index in [1.54, 1.807) is 30.3 Å². The fourth-order valence-corrected chi connectivity index (χ4v) is 2.70. The summed E-state index contributed by atoms with van der Waals surface area (Å²) in [4.78, 5) is 27.6. The number of carbonyl (C=O) groups excluding carboxylic acids is 1. The van der Waals surface area contributed by atoms with Crippen molar-refractivity contribution in [1.82, 2.24) is 4.98 Å². The molecule has 3 rings (SSSR count). The van der Waals surface area contributed by atoms with E-state index in [4.69, 9.17) is 4.42 Å². The number of carbonyl (C=O) groups is 2. The van der Waals surface area contributed by atoms with Crippen LogP contribution in [0.2, 0.25) is 0 Å². The lowest BCUT2D eigenvalue weighted by Gasteiger charge is -1.98. The molecule has 0 saturated carbocycles. The first-order valence-corrected chi connectivity index (χ1v) is 7.11. The van der Waals surface area contributed by atoms with Crippen molar-refractivity contribution in [2.75, 3.05) is 5.32 Å². The molecule has 0 bridgehead atoms. The SMILES string of the molecule is O=C(Nc1nc(-c2ccccc2)c(C(=O)O)s1)c1ccco1. The van der Waals surface area contributed by atoms with E-state index in [0.29, 0.717) is 11.3 Å². The maximum absolute atomic E-state index is 11.9. The smallest absolute Gasteiger partial charge is 0.348 e. The molecule has 0 aliphatic heterocycles. The Labute approximate surface area is 129 Å². The van der Waals surface area contributed by atoms with Gasteiger partial charge in [0.25, 0.3) is 5.91 Å². The fourth-order valence-electron chi connectivity index (χ4n) is 1.88. The zero-order valence-corrected chi connectivity index (χ0v) is 12.0. The van der Waals surface area contributed by atoms with Crippen LogP contribution in [0.1, 0.15) is 20.2 Å². The van der Waals surface area contributed by atoms with E-state index in [9.17, 15) is 14.7 Å². The van der Waals surface area contributed by atoms with Crippen LogP contribution in [-0.4, -0.2) is 22.0 Å². The Morgan fingerprint density at radius 3 is 2.55 bits per heavy atom. The van der Waals surface area contributed by atoms with E-state index >= 15 is 0 Å². The van der Waals surface area contributed by atoms with Crippen molar-refractivity contribution in [3.63, 3.8) is 0 Å². The second-order valence-electron chi connectivity index (χ2n) is 4.30. The number of aromatic nitrogens is 1. The van der Waals surface area contributed by atoms with Crippen LogP contribution >= 0.6 is 11.3 Å². The largest absolute Gasteiger partial charge is 0.477 e. The molecule has 110 valence electrons. The summed E-state index contributed by atoms with van der Waals surface area (Å²) in [6.07, 6.45) is 1.38. The minimum Gasteiger partial charge on any atom is -0.477 e. The number of benzene rings is 1. The number of amides is 1. The number of rotatable bonds is 4. The monoisotopic (exact) mass is 314 g/mol. The zero-order chi connectivity index (χ0) is 15.5. The fraction of sp³-hybridized carbons (Fsp3) is 0. The third-order valence-corrected chi connectivity index (χ3v) is 3.79. The highest BCUT2D eigenvalue weighted by molar-refractivity contribution is 7.18. The highest BCUT2D eigenvalue weighted by atomic mass is 32.1. The normalized spacial score (nSPS) is 10.4. The number of nitrogens with zero attached hydrogens (tertiary/aromatic N) is 1. The molecular formula is C15H10N2O4S. The molecule has 6 nitrogen and oxygen atoms in total. The van der Waals surface area contributed by atoms with Crippen molar-refractivity contribution in [2.45, 2.75) is 0 Å². The third kappa shape index (κ3) is 2.75. The molecule has 0 fully saturated rings. The molecule has 7 heteroatoms. The van der Waals surface area contributed by atoms with Crippen molar-refractivity contribution in [1.29, 1.82) is 0 Å². The van der Waals surface area contributed by atoms with E-state index in [1.807, 2.05) is 6.07 Å². The summed E-state index contributed by atoms with van der Waals surface area (Å²) < 4.78 is 4.99. The van der Waals surface area contributed by atoms with Crippen molar-refractivity contribution < 1.29 is 19.1 Å². The quantitative estimate of drug-likeness (QED) is 0.770. The van der Waals surface area contributed by atoms with E-state index in [-0.39, 0.29) is 15.8 Å². The van der Waals surface area contributed by atoms with E-state index in [2.05, 4.69) is 10.3 Å². The number of hydrogen-bond donors (Lipinski definition) is 2. The Kier molecular flexibility index (Phi) is 3.71. The number of anilines is 1. The topological polar surface area (TPSA) is 92.4 Å². The molecule has 1 amide bonds. The predicted octanol–water partition coefficient (Wildman–Crippen LogP) is 3.35. The number of thiazole rings is 1. The number of carboxylic acids is 1. The van der Waals surface area contributed by atoms with Crippen molar-refractivity contribution >= 4 is 28.3 Å². The van der Waals surface area contributed by atoms with Crippen molar-refractivity contribution in [2.24, 2.45) is 0 Å². The Morgan fingerprint density at radius 1 is 1.14 bits per heavy atom. The third-order valence-electron chi connectivity index (χ3n) is 2.83. The van der Waals surface area contributed by atoms with Gasteiger partial charge in [0, 0.05) is 5.56 Å². The lowest BCUT2D eigenvalue weighted by molar-refractivity contribution is 0.0702. The highest BCUT2D eigenvalue weighted by Gasteiger charge is 2.20. The van der Waals surface area contributed by atoms with Gasteiger partial charge in [0.05, 0.1) is 12.0 Å². The Hall–Kier alpha value is -2.93. The van der Waals surface area contributed by atoms with Crippen LogP contribution in [0.4, 0.5) is 5.13 Å². The van der Waals surface area contributed by atoms with Gasteiger partial charge >= 0.3 is 5.97 Å². The average molecular weight is 314 g/mol. The van der Waals surface area contributed by atoms with Gasteiger partial charge in [-0.25, -0.2) is 9.78 Å². The number of nitrogens with one attached hydrogen (secondary N) is 1. The van der Waals surface area contributed by atoms with Gasteiger partial charge in [-0.2, -0.15) is 0 Å². The molecular weight excluding hydrogens is 304 g/mol. The summed E-state index contributed by atoms with van der Waals surface area (Å²) in [5, 5.41) is 12.0. The van der Waals surface area contributed by atoms with Crippen LogP contribution in [0.3, 0.4) is 0 Å². The van der Waals surface area contributed by atoms with Crippen LogP contribution in [0.15, 0.2) is 53.1 Å². The molecule has 0 radical (unpaired) electrons. The average Bonchev–Trinajstić information content (AvgIpc) is 3.17. The standard InChI is InChI=1S/C15H10N2O4S/c18-13(10-7-4-8-21-10)17-15-16-11(12(22-15)14(19)20)9-5-2-1-3-6-9/h1-8H,(H,19,20)(H,16,17,18). The highest BCUT2D eigenvalue weighted by Crippen LogP contribution is 2.31. The summed E-state index contributed by atoms with van der Waals surface area (Å²) in [5.41, 5.74) is 1.00. The molecule has 0 saturated heterocycles. The van der Waals surface area contributed by atoms with Gasteiger partial charge in [-0.1, -0.05) is 41.7 Å². The van der Waals surface area contributed by atoms with Crippen LogP contribution in [-0.2, 0) is 0 Å². The molecule has 3 aromatic rings. The summed E-state index contributed by atoms with van der Waals surface area (Å²) in [7, 11) is 0. The Balaban J connectivity index is 1.94. The second-order valence-corrected chi connectivity index (χ2v) is 5.30. The molecule has 0 aliphatic rings. The zero-order valence-electron chi connectivity index (χ0n) is 11.1. The molecule has 0 unspecified atom stereocenters. The van der Waals surface area contributed by atoms with Gasteiger partial charge in [-0.3, -0.25) is 10.1 Å². The van der Waals surface area contributed by atoms with Crippen LogP contribution in [0.25, 0.3) is 11.3 Å². The maximum Gasteiger partial charge on any atom is 0.348 e. The van der Waals surface area contributed by atoms with Crippen LogP contribution in [0.5, 0.6) is 0 Å². The van der Waals surface area contributed by atoms with Crippen LogP contribution in [0, 0.1) is 0 Å². The maximum atomic E-state index is 11.9.